The van der Waals surface area contributed by atoms with E-state index in [0.717, 1.165) is 6.20 Å². The number of H-pyrrole nitrogens is 2. The number of hydrogen-bond donors (Lipinski definition) is 4. The molecule has 3 aromatic rings. The van der Waals surface area contributed by atoms with Crippen LogP contribution in [0.2, 0.25) is 0 Å². The summed E-state index contributed by atoms with van der Waals surface area (Å²) in [6.45, 7) is 0. The highest BCUT2D eigenvalue weighted by atomic mass is 32.2. The van der Waals surface area contributed by atoms with Crippen molar-refractivity contribution in [2.24, 2.45) is 5.10 Å². The van der Waals surface area contributed by atoms with E-state index in [1.54, 1.807) is 0 Å². The molecule has 0 saturated carbocycles. The molecular weight excluding hydrogens is 417 g/mol. The maximum Gasteiger partial charge on any atom is 0.325 e. The van der Waals surface area contributed by atoms with Crippen molar-refractivity contribution < 1.29 is 17.6 Å². The second kappa shape index (κ2) is 8.53. The van der Waals surface area contributed by atoms with Crippen LogP contribution in [0, 0.1) is 5.82 Å². The number of anilines is 1. The van der Waals surface area contributed by atoms with E-state index in [4.69, 9.17) is 0 Å². The molecule has 0 aliphatic heterocycles. The predicted molar refractivity (Wildman–Crippen MR) is 106 cm³/mol. The van der Waals surface area contributed by atoms with Crippen molar-refractivity contribution in [1.29, 1.82) is 0 Å². The van der Waals surface area contributed by atoms with Gasteiger partial charge in [0.25, 0.3) is 21.5 Å². The van der Waals surface area contributed by atoms with Crippen molar-refractivity contribution in [3.63, 3.8) is 0 Å². The Bertz CT molecular complexity index is 1330. The normalized spacial score (nSPS) is 11.4. The first kappa shape index (κ1) is 20.7. The Morgan fingerprint density at radius 1 is 1.10 bits per heavy atom. The van der Waals surface area contributed by atoms with E-state index >= 15 is 0 Å². The van der Waals surface area contributed by atoms with Gasteiger partial charge in [0.1, 0.15) is 5.82 Å². The molecule has 0 spiro atoms. The zero-order valence-electron chi connectivity index (χ0n) is 15.0. The number of sulfonamides is 1. The summed E-state index contributed by atoms with van der Waals surface area (Å²) in [5, 5.41) is 3.75. The van der Waals surface area contributed by atoms with E-state index in [0.29, 0.717) is 5.56 Å². The number of aromatic nitrogens is 2. The Balaban J connectivity index is 1.73. The van der Waals surface area contributed by atoms with Crippen molar-refractivity contribution in [1.82, 2.24) is 15.4 Å². The lowest BCUT2D eigenvalue weighted by Gasteiger charge is -2.08. The summed E-state index contributed by atoms with van der Waals surface area (Å²) in [5.74, 6) is -1.03. The third-order valence-electron chi connectivity index (χ3n) is 3.70. The second-order valence-corrected chi connectivity index (χ2v) is 7.52. The molecule has 10 nitrogen and oxygen atoms in total. The smallest absolute Gasteiger partial charge is 0.313 e. The number of carbonyl (C=O) groups excluding carboxylic acids is 1. The maximum atomic E-state index is 12.9. The maximum absolute atomic E-state index is 12.9. The second-order valence-electron chi connectivity index (χ2n) is 5.87. The van der Waals surface area contributed by atoms with Crippen LogP contribution in [0.1, 0.15) is 15.9 Å². The number of amides is 1. The molecule has 0 saturated heterocycles. The average molecular weight is 431 g/mol. The van der Waals surface area contributed by atoms with Crippen molar-refractivity contribution in [3.8, 4) is 0 Å². The molecule has 0 aliphatic rings. The van der Waals surface area contributed by atoms with Gasteiger partial charge in [-0.2, -0.15) is 5.10 Å². The molecule has 0 atom stereocenters. The van der Waals surface area contributed by atoms with Gasteiger partial charge in [-0.25, -0.2) is 23.0 Å². The van der Waals surface area contributed by atoms with Crippen molar-refractivity contribution in [3.05, 3.63) is 92.5 Å². The van der Waals surface area contributed by atoms with Gasteiger partial charge in [0.05, 0.1) is 6.21 Å². The van der Waals surface area contributed by atoms with Crippen LogP contribution in [0.25, 0.3) is 0 Å². The Morgan fingerprint density at radius 2 is 1.83 bits per heavy atom. The van der Waals surface area contributed by atoms with Gasteiger partial charge in [0.2, 0.25) is 0 Å². The molecule has 12 heteroatoms. The fourth-order valence-corrected chi connectivity index (χ4v) is 3.37. The average Bonchev–Trinajstić information content (AvgIpc) is 2.69. The zero-order valence-corrected chi connectivity index (χ0v) is 15.9. The molecule has 0 bridgehead atoms. The molecular formula is C18H14FN5O5S. The summed E-state index contributed by atoms with van der Waals surface area (Å²) in [6, 6.07) is 10.9. The number of halogens is 1. The van der Waals surface area contributed by atoms with E-state index in [1.807, 2.05) is 4.98 Å². The van der Waals surface area contributed by atoms with E-state index in [-0.39, 0.29) is 11.3 Å². The van der Waals surface area contributed by atoms with Crippen LogP contribution < -0.4 is 21.4 Å². The first-order valence-corrected chi connectivity index (χ1v) is 9.77. The van der Waals surface area contributed by atoms with Crippen LogP contribution in [-0.2, 0) is 10.0 Å². The molecule has 30 heavy (non-hydrogen) atoms. The van der Waals surface area contributed by atoms with Crippen LogP contribution in [0.5, 0.6) is 0 Å². The highest BCUT2D eigenvalue weighted by Crippen LogP contribution is 2.15. The summed E-state index contributed by atoms with van der Waals surface area (Å²) >= 11 is 0. The third-order valence-corrected chi connectivity index (χ3v) is 5.09. The highest BCUT2D eigenvalue weighted by Gasteiger charge is 2.19. The number of carbonyl (C=O) groups is 1. The summed E-state index contributed by atoms with van der Waals surface area (Å²) in [6.07, 6.45) is 2.08. The molecule has 3 rings (SSSR count). The SMILES string of the molecule is O=C(N/N=C/c1ccc(F)cc1)c1cccc(NS(=O)(=O)c2c[nH]c(=O)[nH]c2=O)c1. The molecule has 1 heterocycles. The number of aromatic amines is 2. The van der Waals surface area contributed by atoms with Gasteiger partial charge in [0.15, 0.2) is 4.90 Å². The summed E-state index contributed by atoms with van der Waals surface area (Å²) in [5.41, 5.74) is 0.982. The number of rotatable bonds is 6. The Morgan fingerprint density at radius 3 is 2.53 bits per heavy atom. The Hall–Kier alpha value is -4.06. The number of hydrazone groups is 1. The van der Waals surface area contributed by atoms with Gasteiger partial charge in [-0.1, -0.05) is 18.2 Å². The minimum absolute atomic E-state index is 0.00997. The number of hydrogen-bond acceptors (Lipinski definition) is 6. The number of nitrogens with one attached hydrogen (secondary N) is 4. The fraction of sp³-hybridized carbons (Fsp3) is 0. The molecule has 2 aromatic carbocycles. The van der Waals surface area contributed by atoms with Gasteiger partial charge in [-0.3, -0.25) is 19.3 Å². The number of benzene rings is 2. The van der Waals surface area contributed by atoms with Crippen LogP contribution in [-0.4, -0.2) is 30.5 Å². The zero-order chi connectivity index (χ0) is 21.7. The molecule has 154 valence electrons. The molecule has 0 unspecified atom stereocenters. The Kier molecular flexibility index (Phi) is 5.88. The fourth-order valence-electron chi connectivity index (χ4n) is 2.31. The van der Waals surface area contributed by atoms with Gasteiger partial charge >= 0.3 is 5.69 Å². The topological polar surface area (TPSA) is 153 Å². The van der Waals surface area contributed by atoms with Gasteiger partial charge < -0.3 is 4.98 Å². The van der Waals surface area contributed by atoms with Crippen LogP contribution >= 0.6 is 0 Å². The monoisotopic (exact) mass is 431 g/mol. The predicted octanol–water partition coefficient (Wildman–Crippen LogP) is 0.767. The first-order chi connectivity index (χ1) is 14.2. The first-order valence-electron chi connectivity index (χ1n) is 8.28. The molecule has 1 aromatic heterocycles. The van der Waals surface area contributed by atoms with Crippen LogP contribution in [0.15, 0.2) is 74.3 Å². The van der Waals surface area contributed by atoms with Crippen LogP contribution in [0.3, 0.4) is 0 Å². The highest BCUT2D eigenvalue weighted by molar-refractivity contribution is 7.92. The standard InChI is InChI=1S/C18H14FN5O5S/c19-13-6-4-11(5-7-13)9-21-23-16(25)12-2-1-3-14(8-12)24-30(28,29)15-10-20-18(27)22-17(15)26/h1-10,24H,(H,23,25)(H2,20,22,26,27)/b21-9+. The Labute approximate surface area is 168 Å². The minimum atomic E-state index is -4.32. The molecule has 0 fully saturated rings. The molecule has 0 radical (unpaired) electrons. The summed E-state index contributed by atoms with van der Waals surface area (Å²) in [7, 11) is -4.32. The summed E-state index contributed by atoms with van der Waals surface area (Å²) in [4.78, 5) is 38.2. The third kappa shape index (κ3) is 5.05. The number of nitrogens with zero attached hydrogens (tertiary/aromatic N) is 1. The quantitative estimate of drug-likeness (QED) is 0.335. The van der Waals surface area contributed by atoms with Gasteiger partial charge in [0, 0.05) is 17.4 Å². The largest absolute Gasteiger partial charge is 0.325 e. The van der Waals surface area contributed by atoms with Crippen molar-refractivity contribution >= 4 is 27.8 Å². The molecule has 4 N–H and O–H groups in total. The molecule has 0 aliphatic carbocycles. The van der Waals surface area contributed by atoms with E-state index < -0.39 is 37.9 Å². The van der Waals surface area contributed by atoms with Crippen LogP contribution in [0.4, 0.5) is 10.1 Å². The summed E-state index contributed by atoms with van der Waals surface area (Å²) < 4.78 is 39.7. The lowest BCUT2D eigenvalue weighted by atomic mass is 10.2. The minimum Gasteiger partial charge on any atom is -0.313 e. The van der Waals surface area contributed by atoms with Gasteiger partial charge in [-0.15, -0.1) is 0 Å². The lowest BCUT2D eigenvalue weighted by molar-refractivity contribution is 0.0955. The van der Waals surface area contributed by atoms with E-state index in [2.05, 4.69) is 20.2 Å². The van der Waals surface area contributed by atoms with E-state index in [9.17, 15) is 27.2 Å². The van der Waals surface area contributed by atoms with Crippen molar-refractivity contribution in [2.75, 3.05) is 4.72 Å². The van der Waals surface area contributed by atoms with Crippen molar-refractivity contribution in [2.45, 2.75) is 4.90 Å². The molecule has 1 amide bonds. The van der Waals surface area contributed by atoms with Gasteiger partial charge in [-0.05, 0) is 35.9 Å². The lowest BCUT2D eigenvalue weighted by Crippen LogP contribution is -2.29. The van der Waals surface area contributed by atoms with E-state index in [1.165, 1.54) is 54.7 Å².